The van der Waals surface area contributed by atoms with Crippen molar-refractivity contribution in [2.24, 2.45) is 0 Å². The van der Waals surface area contributed by atoms with Crippen molar-refractivity contribution in [2.45, 2.75) is 25.6 Å². The van der Waals surface area contributed by atoms with Crippen LogP contribution in [0.15, 0.2) is 36.9 Å². The van der Waals surface area contributed by atoms with E-state index in [1.54, 1.807) is 0 Å². The standard InChI is InChI=1S/C15H18N5O2Si/c1-23(21)7-6-11-2-4-12(5-3-11)8-22-20-10-19-13-14(16)17-9-18-15(13)20/h2-5,9-10,21H,6-8H2,1H3,(H2,16,17,18). The van der Waals surface area contributed by atoms with Gasteiger partial charge in [0.15, 0.2) is 11.3 Å². The van der Waals surface area contributed by atoms with Crippen LogP contribution in [0, 0.1) is 0 Å². The molecule has 23 heavy (non-hydrogen) atoms. The molecule has 3 aromatic rings. The lowest BCUT2D eigenvalue weighted by molar-refractivity contribution is 0.105. The van der Waals surface area contributed by atoms with Crippen LogP contribution in [0.3, 0.4) is 0 Å². The fraction of sp³-hybridized carbons (Fsp3) is 0.267. The minimum absolute atomic E-state index is 0.336. The number of imidazole rings is 1. The number of hydrogen-bond donors (Lipinski definition) is 2. The van der Waals surface area contributed by atoms with Gasteiger partial charge in [0.1, 0.15) is 19.3 Å². The summed E-state index contributed by atoms with van der Waals surface area (Å²) < 4.78 is 1.50. The number of anilines is 1. The largest absolute Gasteiger partial charge is 0.432 e. The molecule has 7 nitrogen and oxygen atoms in total. The number of rotatable bonds is 6. The number of benzene rings is 1. The van der Waals surface area contributed by atoms with Crippen molar-refractivity contribution >= 4 is 26.0 Å². The van der Waals surface area contributed by atoms with Gasteiger partial charge in [-0.1, -0.05) is 24.3 Å². The van der Waals surface area contributed by atoms with Crippen molar-refractivity contribution in [3.8, 4) is 0 Å². The van der Waals surface area contributed by atoms with E-state index in [-0.39, 0.29) is 0 Å². The van der Waals surface area contributed by atoms with Crippen molar-refractivity contribution in [3.05, 3.63) is 48.0 Å². The van der Waals surface area contributed by atoms with Crippen LogP contribution in [0.25, 0.3) is 11.2 Å². The zero-order chi connectivity index (χ0) is 16.2. The zero-order valence-electron chi connectivity index (χ0n) is 12.8. The van der Waals surface area contributed by atoms with Gasteiger partial charge in [-0.3, -0.25) is 0 Å². The Balaban J connectivity index is 1.64. The second-order valence-corrected chi connectivity index (χ2v) is 7.30. The summed E-state index contributed by atoms with van der Waals surface area (Å²) in [5.41, 5.74) is 9.10. The summed E-state index contributed by atoms with van der Waals surface area (Å²) in [6.07, 6.45) is 3.83. The minimum atomic E-state index is -1.16. The van der Waals surface area contributed by atoms with Crippen LogP contribution in [0.4, 0.5) is 5.82 Å². The first-order valence-corrected chi connectivity index (χ1v) is 9.45. The number of nitrogen functional groups attached to an aromatic ring is 1. The molecule has 0 spiro atoms. The Bertz CT molecular complexity index is 788. The SMILES string of the molecule is C[Si](O)CCc1ccc(COn2cnc3c(N)ncnc32)cc1. The van der Waals surface area contributed by atoms with Crippen LogP contribution < -0.4 is 10.6 Å². The molecular formula is C15H18N5O2Si. The molecule has 2 heterocycles. The summed E-state index contributed by atoms with van der Waals surface area (Å²) in [7, 11) is -1.16. The van der Waals surface area contributed by atoms with Gasteiger partial charge in [-0.05, 0) is 30.1 Å². The molecule has 1 radical (unpaired) electrons. The Kier molecular flexibility index (Phi) is 4.54. The number of aryl methyl sites for hydroxylation is 1. The highest BCUT2D eigenvalue weighted by Gasteiger charge is 2.08. The molecule has 0 aliphatic heterocycles. The van der Waals surface area contributed by atoms with E-state index in [4.69, 9.17) is 10.6 Å². The fourth-order valence-electron chi connectivity index (χ4n) is 2.20. The average molecular weight is 328 g/mol. The summed E-state index contributed by atoms with van der Waals surface area (Å²) in [6.45, 7) is 2.30. The maximum atomic E-state index is 9.42. The van der Waals surface area contributed by atoms with E-state index in [1.165, 1.54) is 22.9 Å². The highest BCUT2D eigenvalue weighted by Crippen LogP contribution is 2.14. The van der Waals surface area contributed by atoms with Gasteiger partial charge in [-0.15, -0.1) is 0 Å². The third-order valence-corrected chi connectivity index (χ3v) is 4.47. The molecule has 1 aromatic carbocycles. The van der Waals surface area contributed by atoms with E-state index in [9.17, 15) is 4.80 Å². The molecule has 0 unspecified atom stereocenters. The molecule has 2 aromatic heterocycles. The molecule has 119 valence electrons. The molecule has 3 N–H and O–H groups in total. The molecule has 0 fully saturated rings. The van der Waals surface area contributed by atoms with Gasteiger partial charge < -0.3 is 15.4 Å². The maximum Gasteiger partial charge on any atom is 0.204 e. The number of aromatic nitrogens is 4. The van der Waals surface area contributed by atoms with E-state index >= 15 is 0 Å². The average Bonchev–Trinajstić information content (AvgIpc) is 2.96. The Labute approximate surface area is 135 Å². The maximum absolute atomic E-state index is 9.42. The molecule has 0 aliphatic rings. The van der Waals surface area contributed by atoms with E-state index < -0.39 is 9.04 Å². The lowest BCUT2D eigenvalue weighted by atomic mass is 10.1. The third kappa shape index (κ3) is 3.66. The molecule has 0 atom stereocenters. The predicted molar refractivity (Wildman–Crippen MR) is 88.8 cm³/mol. The molecule has 3 rings (SSSR count). The summed E-state index contributed by atoms with van der Waals surface area (Å²) >= 11 is 0. The van der Waals surface area contributed by atoms with E-state index in [0.29, 0.717) is 23.6 Å². The topological polar surface area (TPSA) is 99.1 Å². The highest BCUT2D eigenvalue weighted by molar-refractivity contribution is 6.48. The van der Waals surface area contributed by atoms with Crippen molar-refractivity contribution in [2.75, 3.05) is 5.73 Å². The molecule has 0 saturated heterocycles. The molecule has 8 heteroatoms. The van der Waals surface area contributed by atoms with Gasteiger partial charge in [0, 0.05) is 0 Å². The van der Waals surface area contributed by atoms with Gasteiger partial charge in [-0.2, -0.15) is 4.73 Å². The van der Waals surface area contributed by atoms with E-state index in [0.717, 1.165) is 18.0 Å². The normalized spacial score (nSPS) is 11.3. The molecule has 0 aliphatic carbocycles. The van der Waals surface area contributed by atoms with Crippen LogP contribution in [-0.4, -0.2) is 33.5 Å². The fourth-order valence-corrected chi connectivity index (χ4v) is 2.85. The quantitative estimate of drug-likeness (QED) is 0.660. The van der Waals surface area contributed by atoms with Gasteiger partial charge in [0.25, 0.3) is 0 Å². The van der Waals surface area contributed by atoms with Gasteiger partial charge in [0.05, 0.1) is 0 Å². The number of hydrogen-bond acceptors (Lipinski definition) is 6. The zero-order valence-corrected chi connectivity index (χ0v) is 13.8. The van der Waals surface area contributed by atoms with Crippen LogP contribution in [0.1, 0.15) is 11.1 Å². The van der Waals surface area contributed by atoms with Crippen LogP contribution in [-0.2, 0) is 13.0 Å². The Hall–Kier alpha value is -2.45. The second kappa shape index (κ2) is 6.76. The van der Waals surface area contributed by atoms with E-state index in [1.807, 2.05) is 18.7 Å². The van der Waals surface area contributed by atoms with Gasteiger partial charge in [-0.25, -0.2) is 15.0 Å². The first kappa shape index (κ1) is 15.4. The molecule has 0 saturated carbocycles. The Morgan fingerprint density at radius 2 is 1.91 bits per heavy atom. The molecular weight excluding hydrogens is 310 g/mol. The molecule has 0 amide bonds. The summed E-state index contributed by atoms with van der Waals surface area (Å²) in [6, 6.07) is 9.04. The van der Waals surface area contributed by atoms with Crippen molar-refractivity contribution < 1.29 is 9.63 Å². The van der Waals surface area contributed by atoms with Crippen LogP contribution in [0.5, 0.6) is 0 Å². The summed E-state index contributed by atoms with van der Waals surface area (Å²) in [5, 5.41) is 0. The lowest BCUT2D eigenvalue weighted by Gasteiger charge is -2.08. The van der Waals surface area contributed by atoms with E-state index in [2.05, 4.69) is 27.1 Å². The first-order valence-electron chi connectivity index (χ1n) is 7.29. The summed E-state index contributed by atoms with van der Waals surface area (Å²) in [4.78, 5) is 27.3. The second-order valence-electron chi connectivity index (χ2n) is 5.33. The predicted octanol–water partition coefficient (Wildman–Crippen LogP) is 1.19. The smallest absolute Gasteiger partial charge is 0.204 e. The number of fused-ring (bicyclic) bond motifs is 1. The van der Waals surface area contributed by atoms with Crippen molar-refractivity contribution in [3.63, 3.8) is 0 Å². The van der Waals surface area contributed by atoms with Gasteiger partial charge >= 0.3 is 0 Å². The highest BCUT2D eigenvalue weighted by atomic mass is 28.3. The van der Waals surface area contributed by atoms with Crippen LogP contribution in [0.2, 0.25) is 12.6 Å². The van der Waals surface area contributed by atoms with Crippen molar-refractivity contribution in [1.82, 2.24) is 19.7 Å². The number of nitrogens with two attached hydrogens (primary N) is 1. The number of nitrogens with zero attached hydrogens (tertiary/aromatic N) is 4. The Morgan fingerprint density at radius 1 is 1.17 bits per heavy atom. The minimum Gasteiger partial charge on any atom is -0.432 e. The first-order chi connectivity index (χ1) is 11.1. The van der Waals surface area contributed by atoms with Crippen LogP contribution >= 0.6 is 0 Å². The Morgan fingerprint density at radius 3 is 2.65 bits per heavy atom. The summed E-state index contributed by atoms with van der Waals surface area (Å²) in [5.74, 6) is 0.336. The monoisotopic (exact) mass is 328 g/mol. The van der Waals surface area contributed by atoms with Gasteiger partial charge in [0.2, 0.25) is 14.7 Å². The third-order valence-electron chi connectivity index (χ3n) is 3.50. The lowest BCUT2D eigenvalue weighted by Crippen LogP contribution is -2.11. The van der Waals surface area contributed by atoms with Crippen molar-refractivity contribution in [1.29, 1.82) is 0 Å². The molecule has 0 bridgehead atoms.